The summed E-state index contributed by atoms with van der Waals surface area (Å²) >= 11 is 1.61. The Morgan fingerprint density at radius 3 is 2.40 bits per heavy atom. The smallest absolute Gasteiger partial charge is 0.291 e. The van der Waals surface area contributed by atoms with E-state index in [9.17, 15) is 13.2 Å². The van der Waals surface area contributed by atoms with Crippen LogP contribution in [0.5, 0.6) is 0 Å². The molecule has 2 rings (SSSR count). The summed E-state index contributed by atoms with van der Waals surface area (Å²) in [5.74, 6) is 1.28. The van der Waals surface area contributed by atoms with Crippen LogP contribution in [0.15, 0.2) is 45.7 Å². The molecule has 1 amide bonds. The highest BCUT2D eigenvalue weighted by atomic mass is 32.2. The van der Waals surface area contributed by atoms with Crippen LogP contribution in [0.4, 0.5) is 5.69 Å². The molecule has 0 bridgehead atoms. The first kappa shape index (κ1) is 19.6. The second-order valence-electron chi connectivity index (χ2n) is 5.79. The van der Waals surface area contributed by atoms with Gasteiger partial charge in [-0.2, -0.15) is 16.1 Å². The van der Waals surface area contributed by atoms with E-state index in [4.69, 9.17) is 4.42 Å². The fourth-order valence-electron chi connectivity index (χ4n) is 2.07. The van der Waals surface area contributed by atoms with Gasteiger partial charge in [0.05, 0.1) is 10.6 Å². The van der Waals surface area contributed by atoms with Crippen LogP contribution >= 0.6 is 11.8 Å². The Morgan fingerprint density at radius 2 is 1.84 bits per heavy atom. The monoisotopic (exact) mass is 382 g/mol. The Hall–Kier alpha value is -1.77. The van der Waals surface area contributed by atoms with Gasteiger partial charge in [0, 0.05) is 18.8 Å². The molecule has 1 aromatic carbocycles. The van der Waals surface area contributed by atoms with Gasteiger partial charge in [0.15, 0.2) is 5.76 Å². The van der Waals surface area contributed by atoms with Crippen molar-refractivity contribution in [3.05, 3.63) is 47.9 Å². The molecule has 0 fully saturated rings. The van der Waals surface area contributed by atoms with E-state index in [2.05, 4.69) is 5.32 Å². The van der Waals surface area contributed by atoms with E-state index in [1.165, 1.54) is 16.4 Å². The molecule has 1 N–H and O–H groups in total. The maximum Gasteiger partial charge on any atom is 0.291 e. The van der Waals surface area contributed by atoms with Crippen molar-refractivity contribution >= 4 is 33.4 Å². The van der Waals surface area contributed by atoms with E-state index in [1.54, 1.807) is 56.9 Å². The largest absolute Gasteiger partial charge is 0.455 e. The van der Waals surface area contributed by atoms with E-state index in [0.29, 0.717) is 11.4 Å². The average Bonchev–Trinajstić information content (AvgIpc) is 3.03. The minimum absolute atomic E-state index is 0.140. The van der Waals surface area contributed by atoms with Crippen LogP contribution in [0.25, 0.3) is 0 Å². The van der Waals surface area contributed by atoms with Gasteiger partial charge in [-0.1, -0.05) is 0 Å². The van der Waals surface area contributed by atoms with Crippen molar-refractivity contribution in [2.45, 2.75) is 30.5 Å². The third-order valence-corrected chi connectivity index (χ3v) is 6.31. The molecule has 0 atom stereocenters. The second kappa shape index (κ2) is 8.07. The number of hydrogen-bond acceptors (Lipinski definition) is 5. The molecule has 0 radical (unpaired) electrons. The quantitative estimate of drug-likeness (QED) is 0.794. The van der Waals surface area contributed by atoms with Gasteiger partial charge in [-0.05, 0) is 56.5 Å². The molecule has 1 heterocycles. The fourth-order valence-corrected chi connectivity index (χ4v) is 3.87. The molecule has 8 heteroatoms. The normalized spacial score (nSPS) is 11.9. The molecule has 0 unspecified atom stereocenters. The first-order valence-corrected chi connectivity index (χ1v) is 10.6. The molecule has 25 heavy (non-hydrogen) atoms. The summed E-state index contributed by atoms with van der Waals surface area (Å²) < 4.78 is 31.6. The number of amides is 1. The first-order chi connectivity index (χ1) is 11.8. The highest BCUT2D eigenvalue weighted by molar-refractivity contribution is 7.97. The van der Waals surface area contributed by atoms with Crippen LogP contribution in [0, 0.1) is 0 Å². The summed E-state index contributed by atoms with van der Waals surface area (Å²) in [4.78, 5) is 12.4. The molecule has 0 aliphatic carbocycles. The topological polar surface area (TPSA) is 79.6 Å². The molecule has 0 aliphatic heterocycles. The number of nitrogens with one attached hydrogen (secondary N) is 1. The average molecular weight is 383 g/mol. The number of anilines is 1. The predicted octanol–water partition coefficient (Wildman–Crippen LogP) is 3.42. The molecular formula is C17H22N2O4S2. The van der Waals surface area contributed by atoms with Crippen LogP contribution in [0.3, 0.4) is 0 Å². The van der Waals surface area contributed by atoms with Crippen molar-refractivity contribution in [1.82, 2.24) is 4.31 Å². The van der Waals surface area contributed by atoms with Crippen molar-refractivity contribution in [3.8, 4) is 0 Å². The van der Waals surface area contributed by atoms with Crippen LogP contribution < -0.4 is 5.32 Å². The molecule has 136 valence electrons. The zero-order chi connectivity index (χ0) is 18.6. The molecule has 0 saturated carbocycles. The van der Waals surface area contributed by atoms with Crippen molar-refractivity contribution in [2.24, 2.45) is 0 Å². The molecule has 0 spiro atoms. The lowest BCUT2D eigenvalue weighted by molar-refractivity contribution is 0.0995. The molecule has 2 aromatic rings. The third-order valence-electron chi connectivity index (χ3n) is 3.69. The number of furan rings is 1. The molecule has 6 nitrogen and oxygen atoms in total. The predicted molar refractivity (Wildman–Crippen MR) is 100 cm³/mol. The zero-order valence-electron chi connectivity index (χ0n) is 14.6. The minimum Gasteiger partial charge on any atom is -0.455 e. The van der Waals surface area contributed by atoms with Crippen LogP contribution in [0.2, 0.25) is 0 Å². The molecule has 0 saturated heterocycles. The van der Waals surface area contributed by atoms with Crippen molar-refractivity contribution < 1.29 is 17.6 Å². The Kier molecular flexibility index (Phi) is 6.31. The summed E-state index contributed by atoms with van der Waals surface area (Å²) in [6, 6.07) is 9.32. The lowest BCUT2D eigenvalue weighted by Gasteiger charge is -2.21. The van der Waals surface area contributed by atoms with E-state index in [0.717, 1.165) is 5.76 Å². The van der Waals surface area contributed by atoms with E-state index in [1.807, 2.05) is 6.26 Å². The number of sulfonamides is 1. The maximum atomic E-state index is 12.4. The Morgan fingerprint density at radius 1 is 1.20 bits per heavy atom. The third kappa shape index (κ3) is 4.65. The highest BCUT2D eigenvalue weighted by Crippen LogP contribution is 2.20. The Balaban J connectivity index is 2.10. The maximum absolute atomic E-state index is 12.4. The second-order valence-corrected chi connectivity index (χ2v) is 8.66. The van der Waals surface area contributed by atoms with Gasteiger partial charge < -0.3 is 9.73 Å². The van der Waals surface area contributed by atoms with Gasteiger partial charge in [0.1, 0.15) is 5.76 Å². The highest BCUT2D eigenvalue weighted by Gasteiger charge is 2.23. The lowest BCUT2D eigenvalue weighted by atomic mass is 10.3. The number of benzene rings is 1. The first-order valence-electron chi connectivity index (χ1n) is 7.73. The summed E-state index contributed by atoms with van der Waals surface area (Å²) in [6.45, 7) is 3.61. The number of thioether (sulfide) groups is 1. The summed E-state index contributed by atoms with van der Waals surface area (Å²) in [6.07, 6.45) is 1.95. The van der Waals surface area contributed by atoms with Crippen molar-refractivity contribution in [2.75, 3.05) is 18.6 Å². The van der Waals surface area contributed by atoms with E-state index < -0.39 is 10.0 Å². The number of carbonyl (C=O) groups excluding carboxylic acids is 1. The van der Waals surface area contributed by atoms with Gasteiger partial charge in [-0.3, -0.25) is 4.79 Å². The zero-order valence-corrected chi connectivity index (χ0v) is 16.3. The molecular weight excluding hydrogens is 360 g/mol. The fraction of sp³-hybridized carbons (Fsp3) is 0.353. The number of rotatable bonds is 7. The van der Waals surface area contributed by atoms with Crippen LogP contribution in [-0.4, -0.2) is 38.0 Å². The number of carbonyl (C=O) groups is 1. The van der Waals surface area contributed by atoms with Crippen molar-refractivity contribution in [3.63, 3.8) is 0 Å². The van der Waals surface area contributed by atoms with Gasteiger partial charge in [-0.25, -0.2) is 8.42 Å². The lowest BCUT2D eigenvalue weighted by Crippen LogP contribution is -2.33. The standard InChI is InChI=1S/C17H22N2O4S2/c1-12(2)19(3)25(21,22)15-8-5-13(6-9-15)18-17(20)16-10-7-14(23-16)11-24-4/h5-10,12H,11H2,1-4H3,(H,18,20). The molecule has 0 aliphatic rings. The minimum atomic E-state index is -3.54. The SMILES string of the molecule is CSCc1ccc(C(=O)Nc2ccc(S(=O)(=O)N(C)C(C)C)cc2)o1. The van der Waals surface area contributed by atoms with Crippen LogP contribution in [-0.2, 0) is 15.8 Å². The van der Waals surface area contributed by atoms with Gasteiger partial charge in [0.25, 0.3) is 5.91 Å². The van der Waals surface area contributed by atoms with Gasteiger partial charge in [0.2, 0.25) is 10.0 Å². The van der Waals surface area contributed by atoms with Crippen LogP contribution in [0.1, 0.15) is 30.2 Å². The Labute approximate surface area is 152 Å². The van der Waals surface area contributed by atoms with E-state index >= 15 is 0 Å². The summed E-state index contributed by atoms with van der Waals surface area (Å²) in [5, 5.41) is 2.70. The number of nitrogens with zero attached hydrogens (tertiary/aromatic N) is 1. The van der Waals surface area contributed by atoms with Gasteiger partial charge in [-0.15, -0.1) is 0 Å². The van der Waals surface area contributed by atoms with Crippen molar-refractivity contribution in [1.29, 1.82) is 0 Å². The number of hydrogen-bond donors (Lipinski definition) is 1. The summed E-state index contributed by atoms with van der Waals surface area (Å²) in [5.41, 5.74) is 0.499. The Bertz CT molecular complexity index is 827. The molecule has 1 aromatic heterocycles. The summed E-state index contributed by atoms with van der Waals surface area (Å²) in [7, 11) is -2.00. The van der Waals surface area contributed by atoms with Gasteiger partial charge >= 0.3 is 0 Å². The van der Waals surface area contributed by atoms with E-state index in [-0.39, 0.29) is 22.6 Å².